The molecule has 0 spiro atoms. The average molecular weight is 829 g/mol. The van der Waals surface area contributed by atoms with E-state index < -0.39 is 40.8 Å². The first kappa shape index (κ1) is 40.6. The molecule has 2 aromatic heterocycles. The van der Waals surface area contributed by atoms with Crippen LogP contribution in [0.25, 0.3) is 6.08 Å². The Morgan fingerprint density at radius 2 is 1.56 bits per heavy atom. The number of β-lactam (4-membered cyclic amide) rings is 1. The van der Waals surface area contributed by atoms with Crippen molar-refractivity contribution in [2.45, 2.75) is 36.8 Å². The number of ether oxygens (including phenoxy) is 2. The number of benzene rings is 3. The molecule has 7 rings (SSSR count). The Bertz CT molecular complexity index is 2280. The van der Waals surface area contributed by atoms with E-state index in [9.17, 15) is 19.2 Å². The van der Waals surface area contributed by atoms with E-state index in [1.807, 2.05) is 104 Å². The third kappa shape index (κ3) is 8.96. The molecule has 4 heterocycles. The Morgan fingerprint density at radius 1 is 0.915 bits per heavy atom. The Kier molecular flexibility index (Phi) is 12.9. The number of nitrogen functional groups attached to an aromatic ring is 1. The SMILES string of the molecule is CCCC(=O)OCCOC(=O)C1=C(/C=C\c2cccnc2)CS[C@H]2[C@H](NC(=O)C(=NOC(c3ccccc3)(c3ccccc3)c3ccccc3)c3csc(N)n3)C(=O)N12. The first-order valence-electron chi connectivity index (χ1n) is 18.8. The van der Waals surface area contributed by atoms with Gasteiger partial charge in [0.25, 0.3) is 11.8 Å². The molecular formula is C44H40N6O7S2. The van der Waals surface area contributed by atoms with Crippen molar-refractivity contribution in [3.8, 4) is 0 Å². The van der Waals surface area contributed by atoms with Crippen LogP contribution in [-0.2, 0) is 39.1 Å². The third-order valence-electron chi connectivity index (χ3n) is 9.47. The number of anilines is 1. The molecule has 0 unspecified atom stereocenters. The number of nitrogens with zero attached hydrogens (tertiary/aromatic N) is 4. The van der Waals surface area contributed by atoms with E-state index in [0.29, 0.717) is 17.7 Å². The van der Waals surface area contributed by atoms with Gasteiger partial charge in [-0.05, 0) is 23.6 Å². The molecule has 13 nitrogen and oxygen atoms in total. The summed E-state index contributed by atoms with van der Waals surface area (Å²) in [6.45, 7) is 1.52. The highest BCUT2D eigenvalue weighted by atomic mass is 32.2. The zero-order chi connectivity index (χ0) is 41.2. The van der Waals surface area contributed by atoms with E-state index >= 15 is 0 Å². The molecule has 0 radical (unpaired) electrons. The van der Waals surface area contributed by atoms with Crippen molar-refractivity contribution in [3.63, 3.8) is 0 Å². The highest BCUT2D eigenvalue weighted by Crippen LogP contribution is 2.42. The molecule has 1 saturated heterocycles. The van der Waals surface area contributed by atoms with E-state index in [-0.39, 0.29) is 41.9 Å². The zero-order valence-electron chi connectivity index (χ0n) is 31.9. The Hall–Kier alpha value is -6.58. The van der Waals surface area contributed by atoms with Crippen LogP contribution in [0.4, 0.5) is 5.13 Å². The summed E-state index contributed by atoms with van der Waals surface area (Å²) in [5.41, 5.74) is 8.29. The molecule has 2 amide bonds. The van der Waals surface area contributed by atoms with Gasteiger partial charge in [-0.2, -0.15) is 0 Å². The van der Waals surface area contributed by atoms with E-state index in [4.69, 9.17) is 20.0 Å². The van der Waals surface area contributed by atoms with Crippen molar-refractivity contribution in [2.75, 3.05) is 24.7 Å². The number of esters is 2. The van der Waals surface area contributed by atoms with Gasteiger partial charge in [0.1, 0.15) is 36.0 Å². The average Bonchev–Trinajstić information content (AvgIpc) is 3.71. The molecule has 0 saturated carbocycles. The van der Waals surface area contributed by atoms with Crippen LogP contribution in [0.15, 0.2) is 143 Å². The minimum Gasteiger partial charge on any atom is -0.462 e. The van der Waals surface area contributed by atoms with Crippen molar-refractivity contribution in [2.24, 2.45) is 5.16 Å². The fraction of sp³-hybridized carbons (Fsp3) is 0.205. The predicted molar refractivity (Wildman–Crippen MR) is 226 cm³/mol. The molecule has 3 N–H and O–H groups in total. The van der Waals surface area contributed by atoms with Crippen LogP contribution in [0.2, 0.25) is 0 Å². The third-order valence-corrected chi connectivity index (χ3v) is 11.4. The molecule has 59 heavy (non-hydrogen) atoms. The minimum atomic E-state index is -1.31. The summed E-state index contributed by atoms with van der Waals surface area (Å²) in [6, 6.07) is 31.2. The number of allylic oxidation sites excluding steroid dienone is 1. The molecule has 2 aliphatic rings. The number of aromatic nitrogens is 2. The van der Waals surface area contributed by atoms with Gasteiger partial charge in [0.15, 0.2) is 10.8 Å². The molecule has 300 valence electrons. The minimum absolute atomic E-state index is 0.0344. The number of hydrogen-bond donors (Lipinski definition) is 2. The number of thioether (sulfide) groups is 1. The molecule has 0 bridgehead atoms. The summed E-state index contributed by atoms with van der Waals surface area (Å²) in [6.07, 6.45) is 7.72. The van der Waals surface area contributed by atoms with Crippen LogP contribution >= 0.6 is 23.1 Å². The number of carbonyl (C=O) groups excluding carboxylic acids is 4. The number of amides is 2. The van der Waals surface area contributed by atoms with Crippen LogP contribution < -0.4 is 11.1 Å². The second kappa shape index (κ2) is 18.8. The highest BCUT2D eigenvalue weighted by Gasteiger charge is 2.54. The fourth-order valence-corrected chi connectivity index (χ4v) is 8.53. The Morgan fingerprint density at radius 3 is 2.14 bits per heavy atom. The maximum absolute atomic E-state index is 14.4. The van der Waals surface area contributed by atoms with E-state index in [0.717, 1.165) is 33.6 Å². The monoisotopic (exact) mass is 828 g/mol. The number of nitrogens with one attached hydrogen (secondary N) is 1. The first-order chi connectivity index (χ1) is 28.8. The number of thiazole rings is 1. The number of hydrogen-bond acceptors (Lipinski definition) is 13. The first-order valence-corrected chi connectivity index (χ1v) is 20.8. The van der Waals surface area contributed by atoms with Gasteiger partial charge < -0.3 is 25.4 Å². The van der Waals surface area contributed by atoms with Crippen molar-refractivity contribution >= 4 is 63.8 Å². The lowest BCUT2D eigenvalue weighted by Crippen LogP contribution is -2.71. The quantitative estimate of drug-likeness (QED) is 0.0294. The standard InChI is InChI=1S/C44H40N6O7S2/c1-2-13-35(51)55-24-25-56-42(54)38-30(22-21-29-14-12-23-46-26-29)27-58-41-37(40(53)50(38)41)48-39(52)36(34-28-59-43(45)47-34)49-57-44(31-15-6-3-7-16-31,32-17-8-4-9-18-32)33-19-10-5-11-20-33/h3-12,14-23,26,28,37,41H,2,13,24-25,27H2,1H3,(H2,45,47)(H,48,52)/b22-21-,49-36?/t37-,41+/m1/s1. The van der Waals surface area contributed by atoms with E-state index in [1.165, 1.54) is 16.7 Å². The van der Waals surface area contributed by atoms with E-state index in [2.05, 4.69) is 20.4 Å². The second-order valence-corrected chi connectivity index (χ2v) is 15.3. The maximum atomic E-state index is 14.4. The molecule has 15 heteroatoms. The summed E-state index contributed by atoms with van der Waals surface area (Å²) >= 11 is 2.50. The number of pyridine rings is 1. The molecule has 2 atom stereocenters. The summed E-state index contributed by atoms with van der Waals surface area (Å²) < 4.78 is 10.7. The number of oxime groups is 1. The topological polar surface area (TPSA) is 175 Å². The number of fused-ring (bicyclic) bond motifs is 1. The number of rotatable bonds is 16. The normalized spacial score (nSPS) is 16.6. The molecule has 5 aromatic rings. The van der Waals surface area contributed by atoms with Gasteiger partial charge in [0.2, 0.25) is 5.60 Å². The van der Waals surface area contributed by atoms with Gasteiger partial charge in [0.05, 0.1) is 0 Å². The lowest BCUT2D eigenvalue weighted by atomic mass is 9.80. The molecular weight excluding hydrogens is 789 g/mol. The molecule has 3 aromatic carbocycles. The van der Waals surface area contributed by atoms with E-state index in [1.54, 1.807) is 36.0 Å². The second-order valence-electron chi connectivity index (χ2n) is 13.3. The smallest absolute Gasteiger partial charge is 0.355 e. The summed E-state index contributed by atoms with van der Waals surface area (Å²) in [4.78, 5) is 70.4. The van der Waals surface area contributed by atoms with Crippen LogP contribution in [0, 0.1) is 0 Å². The van der Waals surface area contributed by atoms with Gasteiger partial charge in [-0.1, -0.05) is 121 Å². The van der Waals surface area contributed by atoms with Crippen LogP contribution in [0.1, 0.15) is 47.7 Å². The van der Waals surface area contributed by atoms with Gasteiger partial charge in [-0.15, -0.1) is 23.1 Å². The van der Waals surface area contributed by atoms with Crippen molar-refractivity contribution in [3.05, 3.63) is 166 Å². The lowest BCUT2D eigenvalue weighted by molar-refractivity contribution is -0.155. The zero-order valence-corrected chi connectivity index (χ0v) is 33.6. The predicted octanol–water partition coefficient (Wildman–Crippen LogP) is 6.09. The van der Waals surface area contributed by atoms with Gasteiger partial charge in [-0.25, -0.2) is 9.78 Å². The summed E-state index contributed by atoms with van der Waals surface area (Å²) in [5.74, 6) is -2.12. The summed E-state index contributed by atoms with van der Waals surface area (Å²) in [7, 11) is 0. The Labute approximate surface area is 349 Å². The Balaban J connectivity index is 1.18. The molecule has 0 aliphatic carbocycles. The maximum Gasteiger partial charge on any atom is 0.355 e. The summed E-state index contributed by atoms with van der Waals surface area (Å²) in [5, 5.41) is 8.53. The van der Waals surface area contributed by atoms with Gasteiger partial charge >= 0.3 is 11.9 Å². The number of carbonyl (C=O) groups is 4. The lowest BCUT2D eigenvalue weighted by Gasteiger charge is -2.49. The molecule has 1 fully saturated rings. The van der Waals surface area contributed by atoms with Crippen molar-refractivity contribution < 1.29 is 33.5 Å². The van der Waals surface area contributed by atoms with Crippen LogP contribution in [-0.4, -0.2) is 74.7 Å². The van der Waals surface area contributed by atoms with Crippen molar-refractivity contribution in [1.29, 1.82) is 0 Å². The van der Waals surface area contributed by atoms with Gasteiger partial charge in [-0.3, -0.25) is 24.3 Å². The van der Waals surface area contributed by atoms with Crippen LogP contribution in [0.5, 0.6) is 0 Å². The highest BCUT2D eigenvalue weighted by molar-refractivity contribution is 8.00. The van der Waals surface area contributed by atoms with Crippen LogP contribution in [0.3, 0.4) is 0 Å². The largest absolute Gasteiger partial charge is 0.462 e. The fourth-order valence-electron chi connectivity index (χ4n) is 6.67. The number of nitrogens with two attached hydrogens (primary N) is 1. The molecule has 2 aliphatic heterocycles. The van der Waals surface area contributed by atoms with Crippen molar-refractivity contribution in [1.82, 2.24) is 20.2 Å². The van der Waals surface area contributed by atoms with Gasteiger partial charge in [0, 0.05) is 46.6 Å².